The van der Waals surface area contributed by atoms with Crippen LogP contribution < -0.4 is 32.8 Å². The molecule has 0 saturated heterocycles. The quantitative estimate of drug-likeness (QED) is 0.0723. The molecule has 0 aromatic rings. The van der Waals surface area contributed by atoms with Crippen molar-refractivity contribution in [2.24, 2.45) is 11.5 Å². The maximum atomic E-state index is 12.6. The largest absolute Gasteiger partial charge is 0.480 e. The van der Waals surface area contributed by atoms with Crippen LogP contribution in [0.1, 0.15) is 13.3 Å². The van der Waals surface area contributed by atoms with Crippen LogP contribution in [-0.4, -0.2) is 116 Å². The van der Waals surface area contributed by atoms with Gasteiger partial charge < -0.3 is 47.1 Å². The standard InChI is InChI=1S/C18H33N7O10/c1-10(26)15(23-13(28)9-35-6-5-34-4-3-19)16(31)24-25(2)17(32)11(7-12(20)27)22-18(33)21-8-14(29)30/h10-11,15,26H,3-9,19H2,1-2H3,(H2,20,27)(H,23,28)(H,24,31)(H,29,30)(H2,21,22,33)/t10?,11-,15-/m1/s1. The summed E-state index contributed by atoms with van der Waals surface area (Å²) in [4.78, 5) is 70.7. The second-order valence-corrected chi connectivity index (χ2v) is 7.06. The van der Waals surface area contributed by atoms with Crippen LogP contribution in [0.25, 0.3) is 0 Å². The zero-order valence-corrected chi connectivity index (χ0v) is 19.4. The molecule has 17 nitrogen and oxygen atoms in total. The van der Waals surface area contributed by atoms with Gasteiger partial charge in [-0.05, 0) is 6.92 Å². The summed E-state index contributed by atoms with van der Waals surface area (Å²) in [7, 11) is 1.08. The molecule has 0 aromatic carbocycles. The van der Waals surface area contributed by atoms with Gasteiger partial charge in [0.15, 0.2) is 0 Å². The average Bonchev–Trinajstić information content (AvgIpc) is 2.76. The van der Waals surface area contributed by atoms with Crippen LogP contribution in [-0.2, 0) is 33.4 Å². The van der Waals surface area contributed by atoms with Gasteiger partial charge in [0.25, 0.3) is 11.8 Å². The van der Waals surface area contributed by atoms with E-state index in [0.29, 0.717) is 18.2 Å². The number of hydrogen-bond donors (Lipinski definition) is 8. The van der Waals surface area contributed by atoms with Crippen LogP contribution in [0.3, 0.4) is 0 Å². The summed E-state index contributed by atoms with van der Waals surface area (Å²) >= 11 is 0. The van der Waals surface area contributed by atoms with Crippen LogP contribution in [0, 0.1) is 0 Å². The summed E-state index contributed by atoms with van der Waals surface area (Å²) < 4.78 is 10.2. The first kappa shape index (κ1) is 31.5. The number of aliphatic hydroxyl groups is 1. The van der Waals surface area contributed by atoms with E-state index in [1.54, 1.807) is 0 Å². The van der Waals surface area contributed by atoms with Gasteiger partial charge in [-0.2, -0.15) is 0 Å². The number of hydrazine groups is 1. The van der Waals surface area contributed by atoms with Crippen molar-refractivity contribution >= 4 is 35.6 Å². The van der Waals surface area contributed by atoms with Crippen molar-refractivity contribution < 1.29 is 48.5 Å². The van der Waals surface area contributed by atoms with E-state index in [4.69, 9.17) is 26.0 Å². The molecule has 6 amide bonds. The zero-order chi connectivity index (χ0) is 27.0. The van der Waals surface area contributed by atoms with E-state index in [-0.39, 0.29) is 13.2 Å². The second kappa shape index (κ2) is 17.0. The molecule has 1 unspecified atom stereocenters. The maximum absolute atomic E-state index is 12.6. The summed E-state index contributed by atoms with van der Waals surface area (Å²) in [5, 5.41) is 25.3. The minimum atomic E-state index is -1.55. The Morgan fingerprint density at radius 2 is 1.66 bits per heavy atom. The molecule has 17 heteroatoms. The number of carbonyl (C=O) groups excluding carboxylic acids is 5. The maximum Gasteiger partial charge on any atom is 0.323 e. The van der Waals surface area contributed by atoms with Crippen molar-refractivity contribution in [1.29, 1.82) is 0 Å². The zero-order valence-electron chi connectivity index (χ0n) is 19.4. The van der Waals surface area contributed by atoms with Gasteiger partial charge in [0, 0.05) is 13.6 Å². The number of nitrogens with zero attached hydrogens (tertiary/aromatic N) is 1. The highest BCUT2D eigenvalue weighted by Gasteiger charge is 2.31. The summed E-state index contributed by atoms with van der Waals surface area (Å²) in [5.74, 6) is -5.05. The third-order valence-electron chi connectivity index (χ3n) is 3.97. The minimum absolute atomic E-state index is 0.0878. The Morgan fingerprint density at radius 3 is 2.20 bits per heavy atom. The summed E-state index contributed by atoms with van der Waals surface area (Å²) in [6.07, 6.45) is -2.04. The van der Waals surface area contributed by atoms with Gasteiger partial charge in [0.2, 0.25) is 11.8 Å². The molecule has 0 bridgehead atoms. The van der Waals surface area contributed by atoms with E-state index in [2.05, 4.69) is 16.1 Å². The van der Waals surface area contributed by atoms with Crippen molar-refractivity contribution in [1.82, 2.24) is 26.4 Å². The number of urea groups is 1. The molecule has 0 aromatic heterocycles. The molecular weight excluding hydrogens is 474 g/mol. The average molecular weight is 508 g/mol. The Kier molecular flexibility index (Phi) is 15.3. The lowest BCUT2D eigenvalue weighted by molar-refractivity contribution is -0.144. The number of primary amides is 1. The Bertz CT molecular complexity index is 749. The number of hydrogen-bond acceptors (Lipinski definition) is 10. The second-order valence-electron chi connectivity index (χ2n) is 7.06. The summed E-state index contributed by atoms with van der Waals surface area (Å²) in [6.45, 7) is 0.979. The first-order valence-corrected chi connectivity index (χ1v) is 10.3. The lowest BCUT2D eigenvalue weighted by atomic mass is 10.1. The Morgan fingerprint density at radius 1 is 1.03 bits per heavy atom. The van der Waals surface area contributed by atoms with E-state index < -0.39 is 73.4 Å². The van der Waals surface area contributed by atoms with Gasteiger partial charge in [0.1, 0.15) is 25.2 Å². The molecule has 0 radical (unpaired) electrons. The van der Waals surface area contributed by atoms with Gasteiger partial charge in [-0.25, -0.2) is 4.79 Å². The van der Waals surface area contributed by atoms with Gasteiger partial charge in [-0.3, -0.25) is 34.4 Å². The van der Waals surface area contributed by atoms with Crippen molar-refractivity contribution in [2.45, 2.75) is 31.5 Å². The SMILES string of the molecule is CC(O)[C@@H](NC(=O)COCCOCCN)C(=O)NN(C)C(=O)[C@@H](CC(N)=O)NC(=O)NCC(=O)O. The molecule has 200 valence electrons. The van der Waals surface area contributed by atoms with Gasteiger partial charge in [-0.1, -0.05) is 0 Å². The molecule has 0 aliphatic carbocycles. The van der Waals surface area contributed by atoms with Crippen molar-refractivity contribution in [3.05, 3.63) is 0 Å². The number of aliphatic carboxylic acids is 1. The van der Waals surface area contributed by atoms with Crippen molar-refractivity contribution in [3.63, 3.8) is 0 Å². The number of likely N-dealkylation sites (N-methyl/N-ethyl adjacent to an activating group) is 1. The van der Waals surface area contributed by atoms with Crippen LogP contribution in [0.2, 0.25) is 0 Å². The number of nitrogens with one attached hydrogen (secondary N) is 4. The van der Waals surface area contributed by atoms with Gasteiger partial charge in [0.05, 0.1) is 32.3 Å². The smallest absolute Gasteiger partial charge is 0.323 e. The third kappa shape index (κ3) is 14.4. The number of amides is 6. The Balaban J connectivity index is 4.96. The fourth-order valence-electron chi connectivity index (χ4n) is 2.38. The normalized spacial score (nSPS) is 13.0. The van der Waals surface area contributed by atoms with E-state index >= 15 is 0 Å². The molecular formula is C18H33N7O10. The molecule has 35 heavy (non-hydrogen) atoms. The molecule has 0 aliphatic heterocycles. The van der Waals surface area contributed by atoms with E-state index in [1.165, 1.54) is 6.92 Å². The summed E-state index contributed by atoms with van der Waals surface area (Å²) in [6, 6.07) is -4.12. The fraction of sp³-hybridized carbons (Fsp3) is 0.667. The Labute approximate surface area is 200 Å². The molecule has 0 aliphatic rings. The van der Waals surface area contributed by atoms with E-state index in [0.717, 1.165) is 7.05 Å². The van der Waals surface area contributed by atoms with Crippen LogP contribution in [0.5, 0.6) is 0 Å². The lowest BCUT2D eigenvalue weighted by Gasteiger charge is -2.27. The predicted molar refractivity (Wildman–Crippen MR) is 117 cm³/mol. The van der Waals surface area contributed by atoms with Gasteiger partial charge in [-0.15, -0.1) is 0 Å². The Hall–Kier alpha value is -3.54. The number of carboxylic acid groups (broad SMARTS) is 1. The molecule has 3 atom stereocenters. The first-order valence-electron chi connectivity index (χ1n) is 10.3. The molecule has 0 fully saturated rings. The molecule has 0 heterocycles. The van der Waals surface area contributed by atoms with Crippen LogP contribution in [0.4, 0.5) is 4.79 Å². The molecule has 0 saturated carbocycles. The molecule has 0 rings (SSSR count). The number of carboxylic acids is 1. The number of aliphatic hydroxyl groups excluding tert-OH is 1. The topological polar surface area (TPSA) is 265 Å². The lowest BCUT2D eigenvalue weighted by Crippen LogP contribution is -2.60. The molecule has 10 N–H and O–H groups in total. The minimum Gasteiger partial charge on any atom is -0.480 e. The van der Waals surface area contributed by atoms with Crippen LogP contribution >= 0.6 is 0 Å². The van der Waals surface area contributed by atoms with E-state index in [1.807, 2.05) is 5.32 Å². The van der Waals surface area contributed by atoms with E-state index in [9.17, 15) is 33.9 Å². The number of nitrogens with two attached hydrogens (primary N) is 2. The monoisotopic (exact) mass is 507 g/mol. The van der Waals surface area contributed by atoms with Crippen molar-refractivity contribution in [3.8, 4) is 0 Å². The highest BCUT2D eigenvalue weighted by Crippen LogP contribution is 1.99. The predicted octanol–water partition coefficient (Wildman–Crippen LogP) is -5.04. The number of rotatable bonds is 16. The van der Waals surface area contributed by atoms with Crippen LogP contribution in [0.15, 0.2) is 0 Å². The fourth-order valence-corrected chi connectivity index (χ4v) is 2.38. The molecule has 0 spiro atoms. The highest BCUT2D eigenvalue weighted by atomic mass is 16.5. The first-order chi connectivity index (χ1) is 16.4. The third-order valence-corrected chi connectivity index (χ3v) is 3.97. The number of carbonyl (C=O) groups is 6. The number of ether oxygens (including phenoxy) is 2. The van der Waals surface area contributed by atoms with Crippen molar-refractivity contribution in [2.75, 3.05) is 46.6 Å². The highest BCUT2D eigenvalue weighted by molar-refractivity contribution is 5.94. The summed E-state index contributed by atoms with van der Waals surface area (Å²) in [5.41, 5.74) is 12.5. The van der Waals surface area contributed by atoms with Gasteiger partial charge >= 0.3 is 12.0 Å².